The third kappa shape index (κ3) is 3.66. The zero-order valence-corrected chi connectivity index (χ0v) is 13.3. The van der Waals surface area contributed by atoms with Crippen LogP contribution in [0.25, 0.3) is 0 Å². The van der Waals surface area contributed by atoms with Crippen LogP contribution in [0, 0.1) is 0 Å². The second kappa shape index (κ2) is 7.22. The third-order valence-electron chi connectivity index (χ3n) is 4.85. The second-order valence-corrected chi connectivity index (χ2v) is 6.40. The predicted octanol–water partition coefficient (Wildman–Crippen LogP) is 2.30. The van der Waals surface area contributed by atoms with Crippen LogP contribution in [-0.4, -0.2) is 47.3 Å². The fraction of sp³-hybridized carbons (Fsp3) is 0.812. The van der Waals surface area contributed by atoms with E-state index in [-0.39, 0.29) is 11.8 Å². The first-order valence-corrected chi connectivity index (χ1v) is 8.40. The lowest BCUT2D eigenvalue weighted by molar-refractivity contribution is -0.132. The zero-order chi connectivity index (χ0) is 15.4. The molecule has 0 radical (unpaired) electrons. The molecule has 1 aromatic rings. The lowest BCUT2D eigenvalue weighted by Gasteiger charge is -2.31. The summed E-state index contributed by atoms with van der Waals surface area (Å²) < 4.78 is 10.6. The maximum absolute atomic E-state index is 12.3. The van der Waals surface area contributed by atoms with Crippen molar-refractivity contribution in [3.05, 3.63) is 11.7 Å². The molecule has 0 aromatic carbocycles. The molecule has 1 saturated heterocycles. The number of rotatable bonds is 5. The van der Waals surface area contributed by atoms with Gasteiger partial charge in [0.1, 0.15) is 0 Å². The van der Waals surface area contributed by atoms with Gasteiger partial charge in [-0.25, -0.2) is 0 Å². The molecule has 1 unspecified atom stereocenters. The van der Waals surface area contributed by atoms with Gasteiger partial charge in [-0.15, -0.1) is 0 Å². The normalized spacial score (nSPS) is 22.9. The fourth-order valence-corrected chi connectivity index (χ4v) is 3.34. The summed E-state index contributed by atoms with van der Waals surface area (Å²) in [5, 5.41) is 4.02. The molecular formula is C16H25N3O3. The monoisotopic (exact) mass is 307 g/mol. The van der Waals surface area contributed by atoms with Crippen molar-refractivity contribution in [2.45, 2.75) is 63.3 Å². The SMILES string of the molecule is CN(C(=O)CCc1nc(C2CCOC2)no1)C1CCCCC1. The summed E-state index contributed by atoms with van der Waals surface area (Å²) in [6.07, 6.45) is 7.95. The van der Waals surface area contributed by atoms with Gasteiger partial charge in [0.25, 0.3) is 0 Å². The van der Waals surface area contributed by atoms with E-state index in [2.05, 4.69) is 10.1 Å². The highest BCUT2D eigenvalue weighted by atomic mass is 16.5. The Balaban J connectivity index is 1.48. The summed E-state index contributed by atoms with van der Waals surface area (Å²) in [5.41, 5.74) is 0. The second-order valence-electron chi connectivity index (χ2n) is 6.40. The molecule has 0 bridgehead atoms. The van der Waals surface area contributed by atoms with Gasteiger partial charge >= 0.3 is 0 Å². The standard InChI is InChI=1S/C16H25N3O3/c1-19(13-5-3-2-4-6-13)15(20)8-7-14-17-16(18-22-14)12-9-10-21-11-12/h12-13H,2-11H2,1H3. The van der Waals surface area contributed by atoms with Gasteiger partial charge in [0.15, 0.2) is 5.82 Å². The molecule has 3 rings (SSSR count). The Kier molecular flexibility index (Phi) is 5.08. The molecule has 2 aliphatic rings. The van der Waals surface area contributed by atoms with Gasteiger partial charge in [0.2, 0.25) is 11.8 Å². The molecule has 1 aliphatic heterocycles. The van der Waals surface area contributed by atoms with Crippen LogP contribution in [0.3, 0.4) is 0 Å². The summed E-state index contributed by atoms with van der Waals surface area (Å²) in [5.74, 6) is 1.71. The van der Waals surface area contributed by atoms with Crippen molar-refractivity contribution < 1.29 is 14.1 Å². The smallest absolute Gasteiger partial charge is 0.227 e. The molecule has 22 heavy (non-hydrogen) atoms. The average Bonchev–Trinajstić information content (AvgIpc) is 3.23. The number of nitrogens with zero attached hydrogens (tertiary/aromatic N) is 3. The first kappa shape index (κ1) is 15.5. The van der Waals surface area contributed by atoms with Crippen LogP contribution < -0.4 is 0 Å². The van der Waals surface area contributed by atoms with Gasteiger partial charge in [-0.1, -0.05) is 24.4 Å². The number of hydrogen-bond acceptors (Lipinski definition) is 5. The van der Waals surface area contributed by atoms with Crippen LogP contribution in [0.5, 0.6) is 0 Å². The van der Waals surface area contributed by atoms with Crippen molar-refractivity contribution in [1.82, 2.24) is 15.0 Å². The first-order valence-electron chi connectivity index (χ1n) is 8.40. The number of ether oxygens (including phenoxy) is 1. The van der Waals surface area contributed by atoms with Gasteiger partial charge in [-0.05, 0) is 19.3 Å². The van der Waals surface area contributed by atoms with E-state index in [4.69, 9.17) is 9.26 Å². The number of carbonyl (C=O) groups excluding carboxylic acids is 1. The zero-order valence-electron chi connectivity index (χ0n) is 13.3. The quantitative estimate of drug-likeness (QED) is 0.835. The predicted molar refractivity (Wildman–Crippen MR) is 80.4 cm³/mol. The highest BCUT2D eigenvalue weighted by Gasteiger charge is 2.24. The molecule has 1 aromatic heterocycles. The molecular weight excluding hydrogens is 282 g/mol. The maximum atomic E-state index is 12.3. The Labute approximate surface area is 131 Å². The van der Waals surface area contributed by atoms with E-state index in [1.165, 1.54) is 19.3 Å². The fourth-order valence-electron chi connectivity index (χ4n) is 3.34. The molecule has 2 fully saturated rings. The van der Waals surface area contributed by atoms with Gasteiger partial charge in [0, 0.05) is 38.5 Å². The van der Waals surface area contributed by atoms with E-state index in [9.17, 15) is 4.79 Å². The lowest BCUT2D eigenvalue weighted by Crippen LogP contribution is -2.38. The van der Waals surface area contributed by atoms with E-state index in [0.29, 0.717) is 31.4 Å². The Morgan fingerprint density at radius 3 is 2.82 bits per heavy atom. The van der Waals surface area contributed by atoms with Crippen molar-refractivity contribution in [2.24, 2.45) is 0 Å². The van der Waals surface area contributed by atoms with Crippen molar-refractivity contribution in [3.8, 4) is 0 Å². The lowest BCUT2D eigenvalue weighted by atomic mass is 9.94. The number of amides is 1. The highest BCUT2D eigenvalue weighted by molar-refractivity contribution is 5.76. The number of aromatic nitrogens is 2. The molecule has 122 valence electrons. The summed E-state index contributed by atoms with van der Waals surface area (Å²) in [4.78, 5) is 18.6. The van der Waals surface area contributed by atoms with Crippen LogP contribution in [0.2, 0.25) is 0 Å². The number of carbonyl (C=O) groups is 1. The van der Waals surface area contributed by atoms with Gasteiger partial charge < -0.3 is 14.2 Å². The summed E-state index contributed by atoms with van der Waals surface area (Å²) >= 11 is 0. The first-order chi connectivity index (χ1) is 10.7. The molecule has 6 nitrogen and oxygen atoms in total. The van der Waals surface area contributed by atoms with Crippen molar-refractivity contribution in [3.63, 3.8) is 0 Å². The molecule has 1 aliphatic carbocycles. The van der Waals surface area contributed by atoms with Crippen LogP contribution in [-0.2, 0) is 16.0 Å². The largest absolute Gasteiger partial charge is 0.381 e. The third-order valence-corrected chi connectivity index (χ3v) is 4.85. The Morgan fingerprint density at radius 2 is 2.09 bits per heavy atom. The average molecular weight is 307 g/mol. The van der Waals surface area contributed by atoms with Crippen molar-refractivity contribution in [2.75, 3.05) is 20.3 Å². The van der Waals surface area contributed by atoms with Crippen LogP contribution >= 0.6 is 0 Å². The molecule has 6 heteroatoms. The summed E-state index contributed by atoms with van der Waals surface area (Å²) in [6.45, 7) is 1.43. The topological polar surface area (TPSA) is 68.5 Å². The maximum Gasteiger partial charge on any atom is 0.227 e. The van der Waals surface area contributed by atoms with Crippen molar-refractivity contribution >= 4 is 5.91 Å². The van der Waals surface area contributed by atoms with E-state index in [1.807, 2.05) is 11.9 Å². The highest BCUT2D eigenvalue weighted by Crippen LogP contribution is 2.24. The molecule has 1 atom stereocenters. The molecule has 2 heterocycles. The number of aryl methyl sites for hydroxylation is 1. The molecule has 0 N–H and O–H groups in total. The number of hydrogen-bond donors (Lipinski definition) is 0. The van der Waals surface area contributed by atoms with E-state index >= 15 is 0 Å². The van der Waals surface area contributed by atoms with Gasteiger partial charge in [-0.2, -0.15) is 4.98 Å². The minimum Gasteiger partial charge on any atom is -0.381 e. The van der Waals surface area contributed by atoms with Crippen molar-refractivity contribution in [1.29, 1.82) is 0 Å². The Morgan fingerprint density at radius 1 is 1.27 bits per heavy atom. The summed E-state index contributed by atoms with van der Waals surface area (Å²) in [6, 6.07) is 0.412. The van der Waals surface area contributed by atoms with Crippen LogP contribution in [0.1, 0.15) is 62.6 Å². The molecule has 0 spiro atoms. The van der Waals surface area contributed by atoms with Gasteiger partial charge in [-0.3, -0.25) is 4.79 Å². The van der Waals surface area contributed by atoms with E-state index in [1.54, 1.807) is 0 Å². The molecule has 1 saturated carbocycles. The summed E-state index contributed by atoms with van der Waals surface area (Å²) in [7, 11) is 1.92. The minimum absolute atomic E-state index is 0.177. The van der Waals surface area contributed by atoms with Crippen LogP contribution in [0.15, 0.2) is 4.52 Å². The Bertz CT molecular complexity index is 491. The molecule has 1 amide bonds. The minimum atomic E-state index is 0.177. The van der Waals surface area contributed by atoms with E-state index < -0.39 is 0 Å². The van der Waals surface area contributed by atoms with E-state index in [0.717, 1.165) is 31.7 Å². The Hall–Kier alpha value is -1.43. The van der Waals surface area contributed by atoms with Gasteiger partial charge in [0.05, 0.1) is 6.61 Å². The van der Waals surface area contributed by atoms with Crippen LogP contribution in [0.4, 0.5) is 0 Å².